The van der Waals surface area contributed by atoms with Crippen molar-refractivity contribution in [3.05, 3.63) is 59.3 Å². The number of carbonyl (C=O) groups excluding carboxylic acids is 1. The van der Waals surface area contributed by atoms with Crippen LogP contribution in [0.4, 0.5) is 5.69 Å². The van der Waals surface area contributed by atoms with Crippen LogP contribution in [0.25, 0.3) is 10.9 Å². The Morgan fingerprint density at radius 2 is 1.94 bits per heavy atom. The van der Waals surface area contributed by atoms with E-state index in [2.05, 4.69) is 9.29 Å². The maximum Gasteiger partial charge on any atom is 0.229 e. The molecule has 1 amide bonds. The molecular weight excluding hydrogens is 442 g/mol. The third-order valence-corrected chi connectivity index (χ3v) is 6.61. The number of anilines is 1. The van der Waals surface area contributed by atoms with Gasteiger partial charge in [0.05, 0.1) is 42.3 Å². The van der Waals surface area contributed by atoms with Crippen LogP contribution < -0.4 is 15.2 Å². The molecule has 0 radical (unpaired) electrons. The molecule has 9 heteroatoms. The fourth-order valence-electron chi connectivity index (χ4n) is 4.78. The third-order valence-electron chi connectivity index (χ3n) is 6.01. The topological polar surface area (TPSA) is 113 Å². The zero-order chi connectivity index (χ0) is 23.8. The molecule has 1 aliphatic rings. The highest BCUT2D eigenvalue weighted by atomic mass is 32.2. The van der Waals surface area contributed by atoms with Gasteiger partial charge in [0.2, 0.25) is 15.9 Å². The number of ether oxygens (including phenoxy) is 2. The van der Waals surface area contributed by atoms with Gasteiger partial charge in [0, 0.05) is 30.7 Å². The normalized spacial score (nSPS) is 18.2. The van der Waals surface area contributed by atoms with Crippen molar-refractivity contribution in [3.63, 3.8) is 0 Å². The predicted molar refractivity (Wildman–Crippen MR) is 128 cm³/mol. The number of benzene rings is 2. The van der Waals surface area contributed by atoms with E-state index < -0.39 is 21.8 Å². The number of methoxy groups -OCH3 is 1. The monoisotopic (exact) mass is 471 g/mol. The van der Waals surface area contributed by atoms with E-state index >= 15 is 0 Å². The number of rotatable bonds is 8. The average molecular weight is 472 g/mol. The summed E-state index contributed by atoms with van der Waals surface area (Å²) in [6, 6.07) is 13.4. The molecule has 176 valence electrons. The number of sulfonamides is 1. The van der Waals surface area contributed by atoms with Crippen molar-refractivity contribution in [1.29, 1.82) is 0 Å². The summed E-state index contributed by atoms with van der Waals surface area (Å²) < 4.78 is 40.7. The molecule has 0 saturated carbocycles. The van der Waals surface area contributed by atoms with Crippen LogP contribution in [0.15, 0.2) is 42.5 Å². The minimum absolute atomic E-state index is 0.242. The summed E-state index contributed by atoms with van der Waals surface area (Å²) in [5.41, 5.74) is 9.60. The van der Waals surface area contributed by atoms with Crippen LogP contribution in [-0.2, 0) is 26.1 Å². The van der Waals surface area contributed by atoms with E-state index in [1.54, 1.807) is 6.07 Å². The molecule has 1 aliphatic carbocycles. The fourth-order valence-corrected chi connectivity index (χ4v) is 5.34. The molecule has 0 spiro atoms. The summed E-state index contributed by atoms with van der Waals surface area (Å²) in [7, 11) is -2.06. The number of amides is 1. The largest absolute Gasteiger partial charge is 0.497 e. The molecule has 33 heavy (non-hydrogen) atoms. The Hall–Kier alpha value is -3.04. The van der Waals surface area contributed by atoms with E-state index in [0.717, 1.165) is 28.6 Å². The van der Waals surface area contributed by atoms with E-state index in [0.29, 0.717) is 42.8 Å². The minimum Gasteiger partial charge on any atom is -0.497 e. The van der Waals surface area contributed by atoms with Crippen molar-refractivity contribution < 1.29 is 22.7 Å². The summed E-state index contributed by atoms with van der Waals surface area (Å²) in [4.78, 5) is 12.5. The molecule has 1 aromatic heterocycles. The number of hydrogen-bond acceptors (Lipinski definition) is 5. The van der Waals surface area contributed by atoms with Crippen LogP contribution in [0.2, 0.25) is 0 Å². The summed E-state index contributed by atoms with van der Waals surface area (Å²) in [5.74, 6) is -0.489. The first-order chi connectivity index (χ1) is 15.7. The quantitative estimate of drug-likeness (QED) is 0.522. The molecule has 0 aliphatic heterocycles. The lowest BCUT2D eigenvalue weighted by Gasteiger charge is -2.29. The SMILES string of the molecule is CCOC1CCC(C(N)=O)c2c1n(Cc1ccccc1)c1cc(OC)cc(NS(C)(=O)=O)c21. The Kier molecular flexibility index (Phi) is 6.36. The molecule has 0 saturated heterocycles. The standard InChI is InChI=1S/C24H29N3O5S/c1-4-32-20-11-10-17(24(25)28)21-22-18(26-33(3,29)30)12-16(31-2)13-19(22)27(23(20)21)14-15-8-6-5-7-9-15/h5-9,12-13,17,20,26H,4,10-11,14H2,1-3H3,(H2,25,28). The van der Waals surface area contributed by atoms with Crippen molar-refractivity contribution >= 4 is 32.5 Å². The van der Waals surface area contributed by atoms with Gasteiger partial charge < -0.3 is 19.8 Å². The second-order valence-electron chi connectivity index (χ2n) is 8.29. The number of nitrogens with zero attached hydrogens (tertiary/aromatic N) is 1. The molecular formula is C24H29N3O5S. The lowest BCUT2D eigenvalue weighted by atomic mass is 9.82. The van der Waals surface area contributed by atoms with E-state index in [-0.39, 0.29) is 6.10 Å². The van der Waals surface area contributed by atoms with Gasteiger partial charge in [-0.25, -0.2) is 8.42 Å². The van der Waals surface area contributed by atoms with Crippen molar-refractivity contribution in [2.24, 2.45) is 5.73 Å². The molecule has 0 bridgehead atoms. The summed E-state index contributed by atoms with van der Waals surface area (Å²) in [5, 5.41) is 0.653. The van der Waals surface area contributed by atoms with Crippen LogP contribution in [0.1, 0.15) is 48.6 Å². The third kappa shape index (κ3) is 4.56. The number of carbonyl (C=O) groups is 1. The van der Waals surface area contributed by atoms with E-state index in [4.69, 9.17) is 15.2 Å². The molecule has 3 aromatic rings. The van der Waals surface area contributed by atoms with Gasteiger partial charge in [-0.05, 0) is 30.9 Å². The van der Waals surface area contributed by atoms with E-state index in [1.807, 2.05) is 43.3 Å². The van der Waals surface area contributed by atoms with Gasteiger partial charge in [-0.1, -0.05) is 30.3 Å². The summed E-state index contributed by atoms with van der Waals surface area (Å²) in [6.07, 6.45) is 2.03. The molecule has 8 nitrogen and oxygen atoms in total. The molecule has 2 atom stereocenters. The van der Waals surface area contributed by atoms with Crippen LogP contribution in [0, 0.1) is 0 Å². The smallest absolute Gasteiger partial charge is 0.229 e. The van der Waals surface area contributed by atoms with E-state index in [1.165, 1.54) is 7.11 Å². The van der Waals surface area contributed by atoms with Crippen LogP contribution in [-0.4, -0.2) is 38.9 Å². The summed E-state index contributed by atoms with van der Waals surface area (Å²) in [6.45, 7) is 2.97. The van der Waals surface area contributed by atoms with Crippen molar-refractivity contribution in [1.82, 2.24) is 4.57 Å². The van der Waals surface area contributed by atoms with Crippen LogP contribution in [0.5, 0.6) is 5.75 Å². The molecule has 2 unspecified atom stereocenters. The average Bonchev–Trinajstić information content (AvgIpc) is 3.08. The molecule has 0 fully saturated rings. The van der Waals surface area contributed by atoms with Crippen LogP contribution in [0.3, 0.4) is 0 Å². The van der Waals surface area contributed by atoms with Gasteiger partial charge in [-0.2, -0.15) is 0 Å². The molecule has 3 N–H and O–H groups in total. The molecule has 4 rings (SSSR count). The Balaban J connectivity index is 2.10. The highest BCUT2D eigenvalue weighted by Crippen LogP contribution is 2.48. The van der Waals surface area contributed by atoms with Crippen molar-refractivity contribution in [2.75, 3.05) is 24.7 Å². The Morgan fingerprint density at radius 3 is 2.55 bits per heavy atom. The second-order valence-corrected chi connectivity index (χ2v) is 10.0. The van der Waals surface area contributed by atoms with Crippen LogP contribution >= 0.6 is 0 Å². The number of hydrogen-bond donors (Lipinski definition) is 2. The summed E-state index contributed by atoms with van der Waals surface area (Å²) >= 11 is 0. The Bertz CT molecular complexity index is 1280. The van der Waals surface area contributed by atoms with Gasteiger partial charge in [0.15, 0.2) is 0 Å². The number of nitrogens with two attached hydrogens (primary N) is 1. The highest BCUT2D eigenvalue weighted by molar-refractivity contribution is 7.92. The zero-order valence-electron chi connectivity index (χ0n) is 19.0. The first-order valence-corrected chi connectivity index (χ1v) is 12.8. The minimum atomic E-state index is -3.59. The molecule has 1 heterocycles. The second kappa shape index (κ2) is 9.07. The Labute approximate surface area is 193 Å². The number of primary amides is 1. The van der Waals surface area contributed by atoms with Gasteiger partial charge in [-0.15, -0.1) is 0 Å². The van der Waals surface area contributed by atoms with Gasteiger partial charge in [0.1, 0.15) is 5.75 Å². The van der Waals surface area contributed by atoms with Gasteiger partial charge >= 0.3 is 0 Å². The number of fused-ring (bicyclic) bond motifs is 3. The number of nitrogens with one attached hydrogen (secondary N) is 1. The Morgan fingerprint density at radius 1 is 1.21 bits per heavy atom. The first-order valence-electron chi connectivity index (χ1n) is 10.9. The van der Waals surface area contributed by atoms with E-state index in [9.17, 15) is 13.2 Å². The van der Waals surface area contributed by atoms with Gasteiger partial charge in [0.25, 0.3) is 0 Å². The molecule has 2 aromatic carbocycles. The van der Waals surface area contributed by atoms with Crippen molar-refractivity contribution in [3.8, 4) is 5.75 Å². The maximum absolute atomic E-state index is 12.5. The number of aromatic nitrogens is 1. The highest BCUT2D eigenvalue weighted by Gasteiger charge is 2.37. The predicted octanol–water partition coefficient (Wildman–Crippen LogP) is 3.51. The maximum atomic E-state index is 12.5. The lowest BCUT2D eigenvalue weighted by Crippen LogP contribution is -2.28. The zero-order valence-corrected chi connectivity index (χ0v) is 19.8. The van der Waals surface area contributed by atoms with Gasteiger partial charge in [-0.3, -0.25) is 9.52 Å². The lowest BCUT2D eigenvalue weighted by molar-refractivity contribution is -0.120. The van der Waals surface area contributed by atoms with Crippen molar-refractivity contribution in [2.45, 2.75) is 38.3 Å². The fraction of sp³-hybridized carbons (Fsp3) is 0.375. The first kappa shape index (κ1) is 23.1.